The van der Waals surface area contributed by atoms with Crippen LogP contribution in [0.4, 0.5) is 0 Å². The first-order valence-corrected chi connectivity index (χ1v) is 7.92. The number of unbranched alkanes of at least 4 members (excludes halogenated alkanes) is 1. The van der Waals surface area contributed by atoms with Gasteiger partial charge in [0, 0.05) is 31.4 Å². The average Bonchev–Trinajstić information content (AvgIpc) is 2.89. The summed E-state index contributed by atoms with van der Waals surface area (Å²) in [6.07, 6.45) is 7.79. The summed E-state index contributed by atoms with van der Waals surface area (Å²) in [4.78, 5) is 16.7. The van der Waals surface area contributed by atoms with Crippen LogP contribution in [0.2, 0.25) is 0 Å². The standard InChI is InChI=1S/C14H25ClN2O/c15-8-3-2-6-14(18)17-11-7-13(12-17)16-9-4-1-5-10-16/h13H,1-12H2. The topological polar surface area (TPSA) is 23.6 Å². The van der Waals surface area contributed by atoms with E-state index in [1.54, 1.807) is 0 Å². The van der Waals surface area contributed by atoms with Crippen LogP contribution in [0.15, 0.2) is 0 Å². The molecule has 0 saturated carbocycles. The lowest BCUT2D eigenvalue weighted by Gasteiger charge is -2.32. The molecule has 0 aromatic rings. The second-order valence-corrected chi connectivity index (χ2v) is 5.90. The van der Waals surface area contributed by atoms with E-state index >= 15 is 0 Å². The van der Waals surface area contributed by atoms with Crippen molar-refractivity contribution in [3.8, 4) is 0 Å². The van der Waals surface area contributed by atoms with Crippen LogP contribution < -0.4 is 0 Å². The predicted molar refractivity (Wildman–Crippen MR) is 75.0 cm³/mol. The van der Waals surface area contributed by atoms with Crippen molar-refractivity contribution < 1.29 is 4.79 Å². The van der Waals surface area contributed by atoms with Gasteiger partial charge < -0.3 is 4.90 Å². The number of amides is 1. The first-order valence-electron chi connectivity index (χ1n) is 7.39. The lowest BCUT2D eigenvalue weighted by Crippen LogP contribution is -2.41. The van der Waals surface area contributed by atoms with E-state index in [1.165, 1.54) is 38.8 Å². The van der Waals surface area contributed by atoms with Crippen LogP contribution >= 0.6 is 11.6 Å². The van der Waals surface area contributed by atoms with Gasteiger partial charge in [0.25, 0.3) is 0 Å². The van der Waals surface area contributed by atoms with Crippen LogP contribution in [0.5, 0.6) is 0 Å². The van der Waals surface area contributed by atoms with Gasteiger partial charge in [-0.15, -0.1) is 11.6 Å². The van der Waals surface area contributed by atoms with E-state index in [-0.39, 0.29) is 0 Å². The van der Waals surface area contributed by atoms with Gasteiger partial charge in [-0.3, -0.25) is 9.69 Å². The first-order chi connectivity index (χ1) is 8.81. The van der Waals surface area contributed by atoms with Crippen LogP contribution in [-0.4, -0.2) is 53.8 Å². The van der Waals surface area contributed by atoms with Crippen molar-refractivity contribution in [1.29, 1.82) is 0 Å². The minimum atomic E-state index is 0.333. The van der Waals surface area contributed by atoms with E-state index in [1.807, 2.05) is 0 Å². The van der Waals surface area contributed by atoms with Crippen molar-refractivity contribution in [3.63, 3.8) is 0 Å². The third-order valence-electron chi connectivity index (χ3n) is 4.20. The summed E-state index contributed by atoms with van der Waals surface area (Å²) in [5.41, 5.74) is 0. The van der Waals surface area contributed by atoms with Crippen molar-refractivity contribution in [1.82, 2.24) is 9.80 Å². The molecule has 2 aliphatic heterocycles. The van der Waals surface area contributed by atoms with Gasteiger partial charge in [-0.1, -0.05) is 6.42 Å². The van der Waals surface area contributed by atoms with Crippen molar-refractivity contribution in [3.05, 3.63) is 0 Å². The lowest BCUT2D eigenvalue weighted by molar-refractivity contribution is -0.130. The molecule has 0 spiro atoms. The molecule has 18 heavy (non-hydrogen) atoms. The monoisotopic (exact) mass is 272 g/mol. The molecule has 2 aliphatic rings. The zero-order valence-electron chi connectivity index (χ0n) is 11.2. The van der Waals surface area contributed by atoms with Gasteiger partial charge in [0.15, 0.2) is 0 Å². The smallest absolute Gasteiger partial charge is 0.222 e. The van der Waals surface area contributed by atoms with Crippen LogP contribution in [0, 0.1) is 0 Å². The molecule has 0 N–H and O–H groups in total. The fraction of sp³-hybridized carbons (Fsp3) is 0.929. The molecule has 1 atom stereocenters. The molecule has 2 rings (SSSR count). The highest BCUT2D eigenvalue weighted by molar-refractivity contribution is 6.17. The van der Waals surface area contributed by atoms with Gasteiger partial charge in [0.1, 0.15) is 0 Å². The van der Waals surface area contributed by atoms with Crippen molar-refractivity contribution >= 4 is 17.5 Å². The number of likely N-dealkylation sites (tertiary alicyclic amines) is 2. The van der Waals surface area contributed by atoms with Crippen molar-refractivity contribution in [2.45, 2.75) is 51.0 Å². The Morgan fingerprint density at radius 2 is 1.89 bits per heavy atom. The summed E-state index contributed by atoms with van der Waals surface area (Å²) in [5, 5.41) is 0. The first kappa shape index (κ1) is 14.1. The minimum absolute atomic E-state index is 0.333. The number of nitrogens with zero attached hydrogens (tertiary/aromatic N) is 2. The molecule has 1 unspecified atom stereocenters. The second kappa shape index (κ2) is 7.34. The summed E-state index contributed by atoms with van der Waals surface area (Å²) >= 11 is 5.64. The fourth-order valence-electron chi connectivity index (χ4n) is 3.08. The SMILES string of the molecule is O=C(CCCCCl)N1CCC(N2CCCCC2)C1. The highest BCUT2D eigenvalue weighted by Crippen LogP contribution is 2.21. The molecule has 0 radical (unpaired) electrons. The summed E-state index contributed by atoms with van der Waals surface area (Å²) in [6.45, 7) is 4.39. The van der Waals surface area contributed by atoms with Crippen molar-refractivity contribution in [2.24, 2.45) is 0 Å². The van der Waals surface area contributed by atoms with E-state index in [2.05, 4.69) is 9.80 Å². The fourth-order valence-corrected chi connectivity index (χ4v) is 3.27. The Hall–Kier alpha value is -0.280. The number of hydrogen-bond acceptors (Lipinski definition) is 2. The predicted octanol–water partition coefficient (Wildman–Crippen LogP) is 2.48. The van der Waals surface area contributed by atoms with E-state index in [9.17, 15) is 4.79 Å². The molecular formula is C14H25ClN2O. The number of carbonyl (C=O) groups is 1. The summed E-state index contributed by atoms with van der Waals surface area (Å²) in [6, 6.07) is 0.627. The third kappa shape index (κ3) is 3.86. The molecule has 2 saturated heterocycles. The third-order valence-corrected chi connectivity index (χ3v) is 4.46. The molecule has 104 valence electrons. The molecule has 0 aromatic carbocycles. The maximum absolute atomic E-state index is 12.0. The van der Waals surface area contributed by atoms with Gasteiger partial charge in [-0.05, 0) is 45.2 Å². The Balaban J connectivity index is 1.71. The second-order valence-electron chi connectivity index (χ2n) is 5.52. The van der Waals surface area contributed by atoms with Gasteiger partial charge in [-0.25, -0.2) is 0 Å². The number of hydrogen-bond donors (Lipinski definition) is 0. The Kier molecular flexibility index (Phi) is 5.77. The van der Waals surface area contributed by atoms with Gasteiger partial charge in [-0.2, -0.15) is 0 Å². The summed E-state index contributed by atoms with van der Waals surface area (Å²) < 4.78 is 0. The van der Waals surface area contributed by atoms with Crippen LogP contribution in [0.1, 0.15) is 44.9 Å². The molecule has 0 aliphatic carbocycles. The maximum Gasteiger partial charge on any atom is 0.222 e. The quantitative estimate of drug-likeness (QED) is 0.567. The Labute approximate surface area is 115 Å². The summed E-state index contributed by atoms with van der Waals surface area (Å²) in [7, 11) is 0. The normalized spacial score (nSPS) is 25.6. The number of halogens is 1. The van der Waals surface area contributed by atoms with E-state index < -0.39 is 0 Å². The van der Waals surface area contributed by atoms with Crippen LogP contribution in [0.3, 0.4) is 0 Å². The maximum atomic E-state index is 12.0. The molecule has 4 heteroatoms. The summed E-state index contributed by atoms with van der Waals surface area (Å²) in [5.74, 6) is 1.00. The molecule has 1 amide bonds. The average molecular weight is 273 g/mol. The van der Waals surface area contributed by atoms with Gasteiger partial charge in [0.2, 0.25) is 5.91 Å². The van der Waals surface area contributed by atoms with E-state index in [0.29, 0.717) is 24.2 Å². The molecule has 3 nitrogen and oxygen atoms in total. The minimum Gasteiger partial charge on any atom is -0.341 e. The highest BCUT2D eigenvalue weighted by Gasteiger charge is 2.30. The number of piperidine rings is 1. The molecular weight excluding hydrogens is 248 g/mol. The number of rotatable bonds is 5. The Bertz CT molecular complexity index is 267. The molecule has 0 bridgehead atoms. The largest absolute Gasteiger partial charge is 0.341 e. The zero-order valence-corrected chi connectivity index (χ0v) is 12.0. The van der Waals surface area contributed by atoms with E-state index in [4.69, 9.17) is 11.6 Å². The van der Waals surface area contributed by atoms with Crippen molar-refractivity contribution in [2.75, 3.05) is 32.1 Å². The lowest BCUT2D eigenvalue weighted by atomic mass is 10.1. The molecule has 2 heterocycles. The van der Waals surface area contributed by atoms with Gasteiger partial charge in [0.05, 0.1) is 0 Å². The Morgan fingerprint density at radius 1 is 1.11 bits per heavy atom. The van der Waals surface area contributed by atoms with Crippen LogP contribution in [-0.2, 0) is 4.79 Å². The molecule has 2 fully saturated rings. The number of alkyl halides is 1. The Morgan fingerprint density at radius 3 is 2.61 bits per heavy atom. The molecule has 0 aromatic heterocycles. The van der Waals surface area contributed by atoms with Gasteiger partial charge >= 0.3 is 0 Å². The van der Waals surface area contributed by atoms with Crippen LogP contribution in [0.25, 0.3) is 0 Å². The van der Waals surface area contributed by atoms with E-state index in [0.717, 1.165) is 25.9 Å². The highest BCUT2D eigenvalue weighted by atomic mass is 35.5. The zero-order chi connectivity index (χ0) is 12.8. The number of carbonyl (C=O) groups excluding carboxylic acids is 1.